The molecule has 0 aliphatic rings. The van der Waals surface area contributed by atoms with Gasteiger partial charge in [-0.15, -0.1) is 0 Å². The summed E-state index contributed by atoms with van der Waals surface area (Å²) in [7, 11) is -2.14. The van der Waals surface area contributed by atoms with Gasteiger partial charge in [0.25, 0.3) is 0 Å². The van der Waals surface area contributed by atoms with Crippen LogP contribution in [0.4, 0.5) is 4.79 Å². The van der Waals surface area contributed by atoms with Gasteiger partial charge in [0.1, 0.15) is 0 Å². The Morgan fingerprint density at radius 3 is 1.72 bits per heavy atom. The van der Waals surface area contributed by atoms with Gasteiger partial charge in [-0.2, -0.15) is 0 Å². The van der Waals surface area contributed by atoms with E-state index in [0.29, 0.717) is 0 Å². The lowest BCUT2D eigenvalue weighted by molar-refractivity contribution is -0.0263. The van der Waals surface area contributed by atoms with Crippen LogP contribution in [0.2, 0.25) is 18.1 Å². The van der Waals surface area contributed by atoms with Crippen LogP contribution >= 0.6 is 0 Å². The van der Waals surface area contributed by atoms with Crippen LogP contribution in [0.3, 0.4) is 0 Å². The van der Waals surface area contributed by atoms with E-state index < -0.39 is 38.2 Å². The predicted octanol–water partition coefficient (Wildman–Crippen LogP) is 9.16. The van der Waals surface area contributed by atoms with Crippen LogP contribution in [0.1, 0.15) is 132 Å². The summed E-state index contributed by atoms with van der Waals surface area (Å²) in [5, 5.41) is 21.2. The summed E-state index contributed by atoms with van der Waals surface area (Å²) in [4.78, 5) is 13.7. The molecule has 0 unspecified atom stereocenters. The minimum Gasteiger partial charge on any atom is -0.465 e. The summed E-state index contributed by atoms with van der Waals surface area (Å²) in [6.45, 7) is 20.6. The van der Waals surface area contributed by atoms with E-state index in [-0.39, 0.29) is 5.04 Å². The number of carbonyl (C=O) groups is 1. The van der Waals surface area contributed by atoms with Gasteiger partial charge in [0, 0.05) is 5.54 Å². The second-order valence-corrected chi connectivity index (χ2v) is 17.9. The van der Waals surface area contributed by atoms with Crippen molar-refractivity contribution in [3.8, 4) is 0 Å². The van der Waals surface area contributed by atoms with E-state index in [9.17, 15) is 15.0 Å². The molecule has 0 saturated heterocycles. The Morgan fingerprint density at radius 1 is 0.889 bits per heavy atom. The summed E-state index contributed by atoms with van der Waals surface area (Å²) >= 11 is 0. The van der Waals surface area contributed by atoms with Crippen molar-refractivity contribution in [1.29, 1.82) is 0 Å². The number of aliphatic hydroxyl groups excluding tert-OH is 1. The molecule has 0 rings (SSSR count). The minimum absolute atomic E-state index is 0.00254. The lowest BCUT2D eigenvalue weighted by atomic mass is 9.96. The average molecular weight is 528 g/mol. The maximum absolute atomic E-state index is 12.3. The largest absolute Gasteiger partial charge is 0.465 e. The number of nitrogens with zero attached hydrogens (tertiary/aromatic N) is 1. The molecule has 0 fully saturated rings. The zero-order valence-electron chi connectivity index (χ0n) is 25.5. The zero-order chi connectivity index (χ0) is 28.0. The Balaban J connectivity index is 4.91. The van der Waals surface area contributed by atoms with Crippen LogP contribution in [0.25, 0.3) is 0 Å². The standard InChI is InChI=1S/C30H61NO4Si/c1-11-12-13-14-15-16-17-18-19-20-21-22-23-24-26(32)27(31(28(33)34)29(3,4)5)25(2)35-36(9,10)30(6,7)8/h23-27,32H,11-22H2,1-10H3,(H,33,34)/b24-23+/t25-,26-,27-/m0/s1. The lowest BCUT2D eigenvalue weighted by Crippen LogP contribution is -2.61. The molecule has 2 N–H and O–H groups in total. The number of rotatable bonds is 18. The van der Waals surface area contributed by atoms with Gasteiger partial charge in [0.15, 0.2) is 8.32 Å². The van der Waals surface area contributed by atoms with E-state index in [0.717, 1.165) is 12.8 Å². The molecule has 0 aromatic carbocycles. The molecule has 0 spiro atoms. The van der Waals surface area contributed by atoms with Gasteiger partial charge in [-0.1, -0.05) is 104 Å². The number of aliphatic hydroxyl groups is 1. The molecule has 0 aliphatic heterocycles. The van der Waals surface area contributed by atoms with Gasteiger partial charge >= 0.3 is 6.09 Å². The third-order valence-corrected chi connectivity index (χ3v) is 12.2. The van der Waals surface area contributed by atoms with Crippen LogP contribution < -0.4 is 0 Å². The van der Waals surface area contributed by atoms with Crippen molar-refractivity contribution in [2.45, 2.75) is 174 Å². The monoisotopic (exact) mass is 527 g/mol. The van der Waals surface area contributed by atoms with Crippen LogP contribution in [0.5, 0.6) is 0 Å². The number of hydrogen-bond donors (Lipinski definition) is 2. The number of allylic oxidation sites excluding steroid dienone is 1. The van der Waals surface area contributed by atoms with Crippen molar-refractivity contribution >= 4 is 14.4 Å². The Kier molecular flexibility index (Phi) is 16.5. The Labute approximate surface area is 225 Å². The highest BCUT2D eigenvalue weighted by Crippen LogP contribution is 2.38. The van der Waals surface area contributed by atoms with E-state index in [1.54, 1.807) is 6.08 Å². The summed E-state index contributed by atoms with van der Waals surface area (Å²) < 4.78 is 6.57. The third kappa shape index (κ3) is 13.6. The van der Waals surface area contributed by atoms with Gasteiger partial charge < -0.3 is 14.6 Å². The molecule has 5 nitrogen and oxygen atoms in total. The van der Waals surface area contributed by atoms with Gasteiger partial charge in [-0.3, -0.25) is 4.90 Å². The fourth-order valence-corrected chi connectivity index (χ4v) is 5.91. The second-order valence-electron chi connectivity index (χ2n) is 13.1. The van der Waals surface area contributed by atoms with Crippen molar-refractivity contribution in [3.05, 3.63) is 12.2 Å². The van der Waals surface area contributed by atoms with Gasteiger partial charge in [0.2, 0.25) is 0 Å². The van der Waals surface area contributed by atoms with Crippen molar-refractivity contribution < 1.29 is 19.4 Å². The highest BCUT2D eigenvalue weighted by Gasteiger charge is 2.45. The van der Waals surface area contributed by atoms with Crippen LogP contribution in [0.15, 0.2) is 12.2 Å². The number of hydrogen-bond acceptors (Lipinski definition) is 3. The summed E-state index contributed by atoms with van der Waals surface area (Å²) in [6.07, 6.45) is 16.7. The molecule has 0 radical (unpaired) electrons. The Morgan fingerprint density at radius 2 is 1.33 bits per heavy atom. The minimum atomic E-state index is -2.14. The van der Waals surface area contributed by atoms with Crippen molar-refractivity contribution in [1.82, 2.24) is 4.90 Å². The van der Waals surface area contributed by atoms with Crippen molar-refractivity contribution in [3.63, 3.8) is 0 Å². The molecule has 214 valence electrons. The highest BCUT2D eigenvalue weighted by atomic mass is 28.4. The zero-order valence-corrected chi connectivity index (χ0v) is 26.5. The average Bonchev–Trinajstić information content (AvgIpc) is 2.72. The fourth-order valence-electron chi connectivity index (χ4n) is 4.49. The molecule has 6 heteroatoms. The van der Waals surface area contributed by atoms with E-state index in [1.807, 2.05) is 33.8 Å². The first-order valence-corrected chi connectivity index (χ1v) is 17.5. The van der Waals surface area contributed by atoms with Gasteiger partial charge in [-0.25, -0.2) is 4.79 Å². The molecular weight excluding hydrogens is 466 g/mol. The Hall–Kier alpha value is -0.853. The van der Waals surface area contributed by atoms with Crippen LogP contribution in [-0.2, 0) is 4.43 Å². The summed E-state index contributed by atoms with van der Waals surface area (Å²) in [6, 6.07) is -0.676. The van der Waals surface area contributed by atoms with Gasteiger partial charge in [-0.05, 0) is 58.7 Å². The number of amides is 1. The summed E-state index contributed by atoms with van der Waals surface area (Å²) in [5.74, 6) is 0. The predicted molar refractivity (Wildman–Crippen MR) is 157 cm³/mol. The maximum Gasteiger partial charge on any atom is 0.408 e. The number of carboxylic acid groups (broad SMARTS) is 1. The van der Waals surface area contributed by atoms with E-state index in [1.165, 1.54) is 69.1 Å². The topological polar surface area (TPSA) is 70.0 Å². The molecule has 36 heavy (non-hydrogen) atoms. The lowest BCUT2D eigenvalue weighted by Gasteiger charge is -2.47. The van der Waals surface area contributed by atoms with E-state index in [2.05, 4.69) is 40.8 Å². The van der Waals surface area contributed by atoms with E-state index >= 15 is 0 Å². The molecule has 0 saturated carbocycles. The molecule has 0 heterocycles. The molecule has 3 atom stereocenters. The highest BCUT2D eigenvalue weighted by molar-refractivity contribution is 6.74. The fraction of sp³-hybridized carbons (Fsp3) is 0.900. The van der Waals surface area contributed by atoms with Crippen molar-refractivity contribution in [2.24, 2.45) is 0 Å². The van der Waals surface area contributed by atoms with Gasteiger partial charge in [0.05, 0.1) is 18.2 Å². The molecular formula is C30H61NO4Si. The molecule has 1 amide bonds. The smallest absolute Gasteiger partial charge is 0.408 e. The summed E-state index contributed by atoms with van der Waals surface area (Å²) in [5.41, 5.74) is -0.660. The first-order valence-electron chi connectivity index (χ1n) is 14.6. The van der Waals surface area contributed by atoms with Crippen LogP contribution in [0, 0.1) is 0 Å². The molecule has 0 aromatic rings. The van der Waals surface area contributed by atoms with E-state index in [4.69, 9.17) is 4.43 Å². The maximum atomic E-state index is 12.3. The van der Waals surface area contributed by atoms with Crippen molar-refractivity contribution in [2.75, 3.05) is 0 Å². The molecule has 0 aliphatic carbocycles. The van der Waals surface area contributed by atoms with Crippen LogP contribution in [-0.4, -0.2) is 53.3 Å². The first-order chi connectivity index (χ1) is 16.6. The first kappa shape index (κ1) is 35.1. The number of unbranched alkanes of at least 4 members (excludes halogenated alkanes) is 11. The SMILES string of the molecule is CCCCCCCCCCCCC/C=C/[C@H](O)[C@H]([C@H](C)O[Si](C)(C)C(C)(C)C)N(C(=O)O)C(C)(C)C. The molecule has 0 aromatic heterocycles. The second kappa shape index (κ2) is 16.9. The quantitative estimate of drug-likeness (QED) is 0.106. The third-order valence-electron chi connectivity index (χ3n) is 7.65. The Bertz CT molecular complexity index is 621. The normalized spacial score (nSPS) is 15.8. The molecule has 0 bridgehead atoms.